The van der Waals surface area contributed by atoms with Gasteiger partial charge in [0.05, 0.1) is 11.0 Å². The predicted octanol–water partition coefficient (Wildman–Crippen LogP) is 17.5. The molecule has 0 amide bonds. The lowest BCUT2D eigenvalue weighted by atomic mass is 9.89. The highest BCUT2D eigenvalue weighted by atomic mass is 32.1. The van der Waals surface area contributed by atoms with Crippen molar-refractivity contribution in [3.8, 4) is 27.9 Å². The normalized spacial score (nSPS) is 11.7. The quantitative estimate of drug-likeness (QED) is 0.140. The molecule has 0 bridgehead atoms. The van der Waals surface area contributed by atoms with E-state index in [0.29, 0.717) is 0 Å². The molecule has 0 aliphatic carbocycles. The summed E-state index contributed by atoms with van der Waals surface area (Å²) in [6.07, 6.45) is 1.92. The summed E-state index contributed by atoms with van der Waals surface area (Å²) in [5.41, 5.74) is 17.2. The molecule has 2 heterocycles. The van der Waals surface area contributed by atoms with Gasteiger partial charge in [0, 0.05) is 53.7 Å². The lowest BCUT2D eigenvalue weighted by molar-refractivity contribution is 0.970. The van der Waals surface area contributed by atoms with E-state index in [1.54, 1.807) is 0 Å². The van der Waals surface area contributed by atoms with Crippen LogP contribution in [-0.2, 0) is 12.8 Å². The van der Waals surface area contributed by atoms with Crippen molar-refractivity contribution in [3.05, 3.63) is 241 Å². The molecule has 0 radical (unpaired) electrons. The van der Waals surface area contributed by atoms with E-state index in [2.05, 4.69) is 242 Å². The first-order valence-corrected chi connectivity index (χ1v) is 23.4. The molecule has 310 valence electrons. The monoisotopic (exact) mass is 850 g/mol. The van der Waals surface area contributed by atoms with Gasteiger partial charge in [-0.1, -0.05) is 145 Å². The second-order valence-electron chi connectivity index (χ2n) is 17.4. The molecule has 2 nitrogen and oxygen atoms in total. The van der Waals surface area contributed by atoms with Crippen molar-refractivity contribution < 1.29 is 0 Å². The summed E-state index contributed by atoms with van der Waals surface area (Å²) in [5.74, 6) is 0. The molecule has 0 atom stereocenters. The second kappa shape index (κ2) is 16.1. The zero-order valence-electron chi connectivity index (χ0n) is 36.5. The molecule has 12 aromatic rings. The van der Waals surface area contributed by atoms with Gasteiger partial charge in [-0.15, -0.1) is 11.3 Å². The number of thiophene rings is 1. The molecule has 12 rings (SSSR count). The summed E-state index contributed by atoms with van der Waals surface area (Å²) in [6, 6.07) is 81.0. The maximum atomic E-state index is 2.42. The van der Waals surface area contributed by atoms with E-state index in [9.17, 15) is 0 Å². The number of aryl methyl sites for hydroxylation is 4. The van der Waals surface area contributed by atoms with Gasteiger partial charge in [0.25, 0.3) is 0 Å². The van der Waals surface area contributed by atoms with Crippen LogP contribution in [0, 0.1) is 13.8 Å². The third kappa shape index (κ3) is 7.06. The lowest BCUT2D eigenvalue weighted by Gasteiger charge is -2.26. The fourth-order valence-corrected chi connectivity index (χ4v) is 11.0. The first-order chi connectivity index (χ1) is 32.0. The number of hydrogen-bond donors (Lipinski definition) is 0. The molecular weight excluding hydrogens is 805 g/mol. The first-order valence-electron chi connectivity index (χ1n) is 22.6. The van der Waals surface area contributed by atoms with Gasteiger partial charge in [-0.3, -0.25) is 0 Å². The van der Waals surface area contributed by atoms with Crippen molar-refractivity contribution in [1.29, 1.82) is 0 Å². The maximum Gasteiger partial charge on any atom is 0.0541 e. The summed E-state index contributed by atoms with van der Waals surface area (Å²) < 4.78 is 5.04. The van der Waals surface area contributed by atoms with Crippen molar-refractivity contribution in [1.82, 2.24) is 4.57 Å². The summed E-state index contributed by atoms with van der Waals surface area (Å²) >= 11 is 1.88. The molecule has 0 N–H and O–H groups in total. The highest BCUT2D eigenvalue weighted by Crippen LogP contribution is 2.42. The van der Waals surface area contributed by atoms with Gasteiger partial charge in [-0.25, -0.2) is 0 Å². The number of rotatable bonds is 9. The standard InChI is InChI=1S/C62H46N2S/c1-41-16-20-43(21-17-41)22-33-54-52(47-27-37-62-58(40-47)56-13-7-9-15-61(56)65-62)34-25-46-38-51(32-35-53(46)54)63(49-28-18-42(2)19-29-49)50-30-23-44(24-31-50)45-26-36-60-57(39-45)55-12-6-8-14-59(55)64(60)48-10-4-3-5-11-48/h3-21,23-32,34-40H,22,33H2,1-2H3. The van der Waals surface area contributed by atoms with Gasteiger partial charge in [0.2, 0.25) is 0 Å². The molecule has 0 aliphatic rings. The van der Waals surface area contributed by atoms with Gasteiger partial charge >= 0.3 is 0 Å². The fourth-order valence-electron chi connectivity index (χ4n) is 9.93. The molecule has 0 spiro atoms. The smallest absolute Gasteiger partial charge is 0.0541 e. The van der Waals surface area contributed by atoms with Gasteiger partial charge in [0.15, 0.2) is 0 Å². The molecule has 0 saturated carbocycles. The highest BCUT2D eigenvalue weighted by Gasteiger charge is 2.18. The fraction of sp³-hybridized carbons (Fsp3) is 0.0645. The van der Waals surface area contributed by atoms with E-state index in [-0.39, 0.29) is 0 Å². The van der Waals surface area contributed by atoms with Gasteiger partial charge in [-0.05, 0) is 156 Å². The zero-order chi connectivity index (χ0) is 43.4. The number of nitrogens with zero attached hydrogens (tertiary/aromatic N) is 2. The van der Waals surface area contributed by atoms with Crippen LogP contribution in [0.25, 0.3) is 80.7 Å². The van der Waals surface area contributed by atoms with Crippen LogP contribution in [0.5, 0.6) is 0 Å². The number of para-hydroxylation sites is 2. The van der Waals surface area contributed by atoms with Gasteiger partial charge in [-0.2, -0.15) is 0 Å². The molecule has 0 saturated heterocycles. The molecule has 3 heteroatoms. The summed E-state index contributed by atoms with van der Waals surface area (Å²) in [7, 11) is 0. The predicted molar refractivity (Wildman–Crippen MR) is 280 cm³/mol. The number of anilines is 3. The van der Waals surface area contributed by atoms with Gasteiger partial charge < -0.3 is 9.47 Å². The van der Waals surface area contributed by atoms with Crippen LogP contribution >= 0.6 is 11.3 Å². The third-order valence-corrected chi connectivity index (χ3v) is 14.4. The van der Waals surface area contributed by atoms with Crippen LogP contribution in [0.3, 0.4) is 0 Å². The minimum atomic E-state index is 0.944. The highest BCUT2D eigenvalue weighted by molar-refractivity contribution is 7.25. The Morgan fingerprint density at radius 3 is 1.82 bits per heavy atom. The molecule has 0 aliphatic heterocycles. The number of fused-ring (bicyclic) bond motifs is 7. The average molecular weight is 851 g/mol. The molecule has 0 unspecified atom stereocenters. The minimum Gasteiger partial charge on any atom is -0.310 e. The summed E-state index contributed by atoms with van der Waals surface area (Å²) in [4.78, 5) is 2.40. The number of hydrogen-bond acceptors (Lipinski definition) is 2. The summed E-state index contributed by atoms with van der Waals surface area (Å²) in [5, 5.41) is 7.72. The Bertz CT molecular complexity index is 3710. The molecular formula is C62H46N2S. The van der Waals surface area contributed by atoms with Crippen LogP contribution in [0.15, 0.2) is 218 Å². The van der Waals surface area contributed by atoms with Crippen LogP contribution in [0.2, 0.25) is 0 Å². The summed E-state index contributed by atoms with van der Waals surface area (Å²) in [6.45, 7) is 4.32. The van der Waals surface area contributed by atoms with E-state index in [4.69, 9.17) is 0 Å². The molecule has 0 fully saturated rings. The van der Waals surface area contributed by atoms with E-state index < -0.39 is 0 Å². The van der Waals surface area contributed by atoms with Gasteiger partial charge in [0.1, 0.15) is 0 Å². The van der Waals surface area contributed by atoms with Crippen LogP contribution < -0.4 is 4.90 Å². The van der Waals surface area contributed by atoms with E-state index in [1.165, 1.54) is 103 Å². The van der Waals surface area contributed by atoms with Crippen molar-refractivity contribution in [3.63, 3.8) is 0 Å². The van der Waals surface area contributed by atoms with E-state index >= 15 is 0 Å². The number of aromatic nitrogens is 1. The Morgan fingerprint density at radius 2 is 1.02 bits per heavy atom. The first kappa shape index (κ1) is 38.9. The Balaban J connectivity index is 0.944. The van der Waals surface area contributed by atoms with Crippen LogP contribution in [0.4, 0.5) is 17.1 Å². The molecule has 10 aromatic carbocycles. The Morgan fingerprint density at radius 1 is 0.400 bits per heavy atom. The van der Waals surface area contributed by atoms with Crippen molar-refractivity contribution in [2.24, 2.45) is 0 Å². The van der Waals surface area contributed by atoms with Crippen molar-refractivity contribution >= 4 is 81.1 Å². The van der Waals surface area contributed by atoms with Crippen molar-refractivity contribution in [2.75, 3.05) is 4.90 Å². The number of benzene rings is 10. The van der Waals surface area contributed by atoms with Crippen LogP contribution in [-0.4, -0.2) is 4.57 Å². The van der Waals surface area contributed by atoms with Crippen molar-refractivity contribution in [2.45, 2.75) is 26.7 Å². The Labute approximate surface area is 383 Å². The van der Waals surface area contributed by atoms with E-state index in [0.717, 1.165) is 29.9 Å². The largest absolute Gasteiger partial charge is 0.310 e. The SMILES string of the molecule is Cc1ccc(CCc2c(-c3ccc4sc5ccccc5c4c3)ccc3cc(N(c4ccc(C)cc4)c4ccc(-c5ccc6c(c5)c5ccccc5n6-c5ccccc5)cc4)ccc23)cc1. The van der Waals surface area contributed by atoms with E-state index in [1.807, 2.05) is 11.3 Å². The van der Waals surface area contributed by atoms with Crippen LogP contribution in [0.1, 0.15) is 22.3 Å². The zero-order valence-corrected chi connectivity index (χ0v) is 37.3. The molecule has 2 aromatic heterocycles. The second-order valence-corrected chi connectivity index (χ2v) is 18.5. The lowest BCUT2D eigenvalue weighted by Crippen LogP contribution is -2.10. The minimum absolute atomic E-state index is 0.944. The Kier molecular flexibility index (Phi) is 9.65. The maximum absolute atomic E-state index is 2.42. The third-order valence-electron chi connectivity index (χ3n) is 13.3. The topological polar surface area (TPSA) is 8.17 Å². The average Bonchev–Trinajstić information content (AvgIpc) is 3.90. The molecule has 65 heavy (non-hydrogen) atoms. The Hall–Kier alpha value is -7.72.